The lowest BCUT2D eigenvalue weighted by Gasteiger charge is -1.92. The van der Waals surface area contributed by atoms with Crippen LogP contribution in [0, 0.1) is 0 Å². The van der Waals surface area contributed by atoms with Crippen molar-refractivity contribution in [3.05, 3.63) is 11.6 Å². The number of hydrogen-bond acceptors (Lipinski definition) is 2. The highest BCUT2D eigenvalue weighted by Gasteiger charge is 1.93. The molecule has 3 heteroatoms. The second kappa shape index (κ2) is 4.99. The standard InChI is InChI=1S/C7H14N2O/c1-6(7(9)10)4-2-3-5-8/h4H,2-3,5,8H2,1H3,(H2,9,10). The van der Waals surface area contributed by atoms with Crippen LogP contribution in [0.3, 0.4) is 0 Å². The average molecular weight is 142 g/mol. The van der Waals surface area contributed by atoms with Gasteiger partial charge in [-0.1, -0.05) is 6.08 Å². The number of unbranched alkanes of at least 4 members (excludes halogenated alkanes) is 1. The van der Waals surface area contributed by atoms with Gasteiger partial charge in [0.1, 0.15) is 0 Å². The maximum absolute atomic E-state index is 10.4. The first-order valence-electron chi connectivity index (χ1n) is 3.35. The Morgan fingerprint density at radius 3 is 2.60 bits per heavy atom. The molecule has 0 atom stereocenters. The minimum absolute atomic E-state index is 0.350. The van der Waals surface area contributed by atoms with Gasteiger partial charge in [-0.25, -0.2) is 0 Å². The Morgan fingerprint density at radius 1 is 1.60 bits per heavy atom. The maximum Gasteiger partial charge on any atom is 0.244 e. The first-order valence-corrected chi connectivity index (χ1v) is 3.35. The van der Waals surface area contributed by atoms with Gasteiger partial charge >= 0.3 is 0 Å². The fourth-order valence-corrected chi connectivity index (χ4v) is 0.537. The van der Waals surface area contributed by atoms with Crippen molar-refractivity contribution in [2.75, 3.05) is 6.54 Å². The summed E-state index contributed by atoms with van der Waals surface area (Å²) < 4.78 is 0. The normalized spacial score (nSPS) is 11.6. The zero-order chi connectivity index (χ0) is 7.98. The van der Waals surface area contributed by atoms with Crippen LogP contribution in [0.15, 0.2) is 11.6 Å². The zero-order valence-electron chi connectivity index (χ0n) is 6.26. The van der Waals surface area contributed by atoms with E-state index in [9.17, 15) is 4.79 Å². The van der Waals surface area contributed by atoms with Gasteiger partial charge in [0.25, 0.3) is 0 Å². The van der Waals surface area contributed by atoms with Crippen LogP contribution in [-0.4, -0.2) is 12.5 Å². The van der Waals surface area contributed by atoms with Gasteiger partial charge in [-0.05, 0) is 26.3 Å². The molecule has 58 valence electrons. The van der Waals surface area contributed by atoms with Crippen molar-refractivity contribution in [2.45, 2.75) is 19.8 Å². The molecule has 10 heavy (non-hydrogen) atoms. The third-order valence-corrected chi connectivity index (χ3v) is 1.25. The molecule has 0 fully saturated rings. The monoisotopic (exact) mass is 142 g/mol. The summed E-state index contributed by atoms with van der Waals surface area (Å²) in [5.74, 6) is -0.350. The first kappa shape index (κ1) is 9.17. The second-order valence-electron chi connectivity index (χ2n) is 2.18. The van der Waals surface area contributed by atoms with E-state index in [-0.39, 0.29) is 5.91 Å². The van der Waals surface area contributed by atoms with Crippen LogP contribution in [0.1, 0.15) is 19.8 Å². The van der Waals surface area contributed by atoms with Crippen LogP contribution in [-0.2, 0) is 4.79 Å². The fourth-order valence-electron chi connectivity index (χ4n) is 0.537. The van der Waals surface area contributed by atoms with E-state index in [1.165, 1.54) is 0 Å². The van der Waals surface area contributed by atoms with E-state index in [2.05, 4.69) is 0 Å². The number of nitrogens with two attached hydrogens (primary N) is 2. The number of rotatable bonds is 4. The molecule has 0 spiro atoms. The molecular weight excluding hydrogens is 128 g/mol. The van der Waals surface area contributed by atoms with E-state index >= 15 is 0 Å². The predicted octanol–water partition coefficient (Wildman–Crippen LogP) is 0.157. The molecule has 0 rings (SSSR count). The molecule has 0 aliphatic heterocycles. The molecule has 0 aliphatic carbocycles. The number of primary amides is 1. The Morgan fingerprint density at radius 2 is 2.20 bits per heavy atom. The van der Waals surface area contributed by atoms with Crippen molar-refractivity contribution in [3.8, 4) is 0 Å². The van der Waals surface area contributed by atoms with Crippen LogP contribution in [0.25, 0.3) is 0 Å². The largest absolute Gasteiger partial charge is 0.366 e. The van der Waals surface area contributed by atoms with Crippen LogP contribution >= 0.6 is 0 Å². The molecule has 0 saturated heterocycles. The third-order valence-electron chi connectivity index (χ3n) is 1.25. The minimum Gasteiger partial charge on any atom is -0.366 e. The molecule has 0 heterocycles. The lowest BCUT2D eigenvalue weighted by molar-refractivity contribution is -0.114. The lowest BCUT2D eigenvalue weighted by atomic mass is 10.2. The van der Waals surface area contributed by atoms with Crippen LogP contribution in [0.4, 0.5) is 0 Å². The Bertz CT molecular complexity index is 141. The maximum atomic E-state index is 10.4. The molecule has 0 radical (unpaired) electrons. The van der Waals surface area contributed by atoms with Gasteiger partial charge in [-0.2, -0.15) is 0 Å². The van der Waals surface area contributed by atoms with E-state index in [0.29, 0.717) is 12.1 Å². The molecular formula is C7H14N2O. The molecule has 0 aromatic carbocycles. The SMILES string of the molecule is CC(=CCCCN)C(N)=O. The van der Waals surface area contributed by atoms with Crippen molar-refractivity contribution in [3.63, 3.8) is 0 Å². The van der Waals surface area contributed by atoms with E-state index in [0.717, 1.165) is 12.8 Å². The summed E-state index contributed by atoms with van der Waals surface area (Å²) in [4.78, 5) is 10.4. The summed E-state index contributed by atoms with van der Waals surface area (Å²) in [7, 11) is 0. The number of hydrogen-bond donors (Lipinski definition) is 2. The van der Waals surface area contributed by atoms with Crippen LogP contribution in [0.5, 0.6) is 0 Å². The molecule has 0 bridgehead atoms. The highest BCUT2D eigenvalue weighted by atomic mass is 16.1. The van der Waals surface area contributed by atoms with Crippen molar-refractivity contribution < 1.29 is 4.79 Å². The van der Waals surface area contributed by atoms with Gasteiger partial charge in [0.05, 0.1) is 0 Å². The molecule has 0 aliphatic rings. The predicted molar refractivity (Wildman–Crippen MR) is 41.2 cm³/mol. The Labute approximate surface area is 61.1 Å². The number of carbonyl (C=O) groups excluding carboxylic acids is 1. The van der Waals surface area contributed by atoms with Crippen molar-refractivity contribution in [1.29, 1.82) is 0 Å². The summed E-state index contributed by atoms with van der Waals surface area (Å²) >= 11 is 0. The summed E-state index contributed by atoms with van der Waals surface area (Å²) in [6.07, 6.45) is 3.56. The third kappa shape index (κ3) is 4.09. The van der Waals surface area contributed by atoms with Gasteiger partial charge < -0.3 is 11.5 Å². The van der Waals surface area contributed by atoms with E-state index < -0.39 is 0 Å². The molecule has 1 amide bonds. The van der Waals surface area contributed by atoms with Crippen molar-refractivity contribution in [1.82, 2.24) is 0 Å². The molecule has 0 aromatic heterocycles. The van der Waals surface area contributed by atoms with E-state index in [1.54, 1.807) is 6.92 Å². The molecule has 3 nitrogen and oxygen atoms in total. The smallest absolute Gasteiger partial charge is 0.244 e. The fraction of sp³-hybridized carbons (Fsp3) is 0.571. The summed E-state index contributed by atoms with van der Waals surface area (Å²) in [6, 6.07) is 0. The van der Waals surface area contributed by atoms with Gasteiger partial charge in [0, 0.05) is 5.57 Å². The topological polar surface area (TPSA) is 69.1 Å². The number of allylic oxidation sites excluding steroid dienone is 1. The summed E-state index contributed by atoms with van der Waals surface area (Å²) in [5, 5.41) is 0. The van der Waals surface area contributed by atoms with E-state index in [1.807, 2.05) is 6.08 Å². The Hall–Kier alpha value is -0.830. The van der Waals surface area contributed by atoms with Crippen LogP contribution < -0.4 is 11.5 Å². The van der Waals surface area contributed by atoms with Gasteiger partial charge in [-0.15, -0.1) is 0 Å². The second-order valence-corrected chi connectivity index (χ2v) is 2.18. The van der Waals surface area contributed by atoms with Gasteiger partial charge in [0.15, 0.2) is 0 Å². The van der Waals surface area contributed by atoms with Crippen molar-refractivity contribution >= 4 is 5.91 Å². The Balaban J connectivity index is 3.58. The summed E-state index contributed by atoms with van der Waals surface area (Å²) in [6.45, 7) is 2.36. The number of carbonyl (C=O) groups is 1. The van der Waals surface area contributed by atoms with Gasteiger partial charge in [0.2, 0.25) is 5.91 Å². The van der Waals surface area contributed by atoms with Gasteiger partial charge in [-0.3, -0.25) is 4.79 Å². The zero-order valence-corrected chi connectivity index (χ0v) is 6.26. The quantitative estimate of drug-likeness (QED) is 0.433. The highest BCUT2D eigenvalue weighted by Crippen LogP contribution is 1.95. The molecule has 0 aromatic rings. The van der Waals surface area contributed by atoms with E-state index in [4.69, 9.17) is 11.5 Å². The first-order chi connectivity index (χ1) is 4.68. The highest BCUT2D eigenvalue weighted by molar-refractivity contribution is 5.91. The minimum atomic E-state index is -0.350. The van der Waals surface area contributed by atoms with Crippen LogP contribution in [0.2, 0.25) is 0 Å². The molecule has 0 saturated carbocycles. The lowest BCUT2D eigenvalue weighted by Crippen LogP contribution is -2.11. The Kier molecular flexibility index (Phi) is 4.58. The summed E-state index contributed by atoms with van der Waals surface area (Å²) in [5.41, 5.74) is 10.8. The number of amides is 1. The van der Waals surface area contributed by atoms with Crippen molar-refractivity contribution in [2.24, 2.45) is 11.5 Å². The molecule has 4 N–H and O–H groups in total. The molecule has 0 unspecified atom stereocenters. The average Bonchev–Trinajstić information content (AvgIpc) is 1.88.